The van der Waals surface area contributed by atoms with E-state index in [2.05, 4.69) is 15.9 Å². The number of fused-ring (bicyclic) bond motifs is 1. The molecule has 1 aromatic heterocycles. The lowest BCUT2D eigenvalue weighted by Crippen LogP contribution is -1.86. The van der Waals surface area contributed by atoms with Gasteiger partial charge in [0.1, 0.15) is 5.82 Å². The molecule has 0 unspecified atom stereocenters. The van der Waals surface area contributed by atoms with Gasteiger partial charge in [-0.25, -0.2) is 4.39 Å². The second kappa shape index (κ2) is 3.27. The topological polar surface area (TPSA) is 26.0 Å². The molecule has 1 heterocycles. The van der Waals surface area contributed by atoms with Gasteiger partial charge in [0.25, 0.3) is 0 Å². The molecule has 0 spiro atoms. The number of hydrogen-bond acceptors (Lipinski definition) is 2. The van der Waals surface area contributed by atoms with Crippen molar-refractivity contribution in [3.8, 4) is 0 Å². The van der Waals surface area contributed by atoms with Gasteiger partial charge < -0.3 is 5.73 Å². The Labute approximate surface area is 87.5 Å². The second-order valence-corrected chi connectivity index (χ2v) is 4.39. The molecule has 1 aromatic carbocycles. The molecule has 0 aliphatic carbocycles. The number of alkyl halides is 1. The van der Waals surface area contributed by atoms with Crippen LogP contribution >= 0.6 is 27.3 Å². The van der Waals surface area contributed by atoms with E-state index in [4.69, 9.17) is 5.73 Å². The summed E-state index contributed by atoms with van der Waals surface area (Å²) in [6.45, 7) is 0. The van der Waals surface area contributed by atoms with Crippen LogP contribution in [0, 0.1) is 5.82 Å². The molecule has 0 bridgehead atoms. The predicted octanol–water partition coefficient (Wildman–Crippen LogP) is 3.52. The Morgan fingerprint density at radius 1 is 1.46 bits per heavy atom. The molecule has 0 amide bonds. The standard InChI is InChI=1S/C9H7BrFNS/c10-4-7-9(11)8-5(12)2-1-3-6(8)13-7/h1-3H,4,12H2. The van der Waals surface area contributed by atoms with E-state index in [-0.39, 0.29) is 5.82 Å². The maximum absolute atomic E-state index is 13.6. The molecular weight excluding hydrogens is 253 g/mol. The first kappa shape index (κ1) is 8.97. The van der Waals surface area contributed by atoms with Gasteiger partial charge in [0.05, 0.1) is 10.3 Å². The van der Waals surface area contributed by atoms with Gasteiger partial charge in [0.15, 0.2) is 0 Å². The van der Waals surface area contributed by atoms with Gasteiger partial charge in [0, 0.05) is 15.7 Å². The Kier molecular flexibility index (Phi) is 2.26. The van der Waals surface area contributed by atoms with Crippen molar-refractivity contribution in [2.24, 2.45) is 0 Å². The number of anilines is 1. The summed E-state index contributed by atoms with van der Waals surface area (Å²) in [4.78, 5) is 0.702. The molecule has 0 saturated carbocycles. The largest absolute Gasteiger partial charge is 0.398 e. The summed E-state index contributed by atoms with van der Waals surface area (Å²) in [7, 11) is 0. The molecule has 2 rings (SSSR count). The van der Waals surface area contributed by atoms with Crippen LogP contribution in [-0.4, -0.2) is 0 Å². The Morgan fingerprint density at radius 2 is 2.23 bits per heavy atom. The average Bonchev–Trinajstić information content (AvgIpc) is 2.44. The maximum Gasteiger partial charge on any atom is 0.147 e. The van der Waals surface area contributed by atoms with Gasteiger partial charge in [-0.1, -0.05) is 22.0 Å². The minimum absolute atomic E-state index is 0.185. The lowest BCUT2D eigenvalue weighted by Gasteiger charge is -1.94. The zero-order valence-electron chi connectivity index (χ0n) is 6.68. The Balaban J connectivity index is 2.85. The molecule has 0 radical (unpaired) electrons. The van der Waals surface area contributed by atoms with Gasteiger partial charge >= 0.3 is 0 Å². The lowest BCUT2D eigenvalue weighted by molar-refractivity contribution is 0.636. The van der Waals surface area contributed by atoms with E-state index in [0.717, 1.165) is 4.70 Å². The smallest absolute Gasteiger partial charge is 0.147 e. The average molecular weight is 260 g/mol. The van der Waals surface area contributed by atoms with E-state index >= 15 is 0 Å². The number of nitrogen functional groups attached to an aromatic ring is 1. The molecule has 0 aliphatic heterocycles. The van der Waals surface area contributed by atoms with Crippen LogP contribution < -0.4 is 5.73 Å². The molecule has 68 valence electrons. The van der Waals surface area contributed by atoms with E-state index < -0.39 is 0 Å². The highest BCUT2D eigenvalue weighted by molar-refractivity contribution is 9.08. The minimum Gasteiger partial charge on any atom is -0.398 e. The van der Waals surface area contributed by atoms with Crippen LogP contribution in [0.2, 0.25) is 0 Å². The van der Waals surface area contributed by atoms with E-state index in [0.29, 0.717) is 21.3 Å². The summed E-state index contributed by atoms with van der Waals surface area (Å²) >= 11 is 4.68. The number of thiophene rings is 1. The number of halogens is 2. The highest BCUT2D eigenvalue weighted by atomic mass is 79.9. The normalized spacial score (nSPS) is 10.9. The first-order valence-electron chi connectivity index (χ1n) is 3.75. The third kappa shape index (κ3) is 1.34. The first-order chi connectivity index (χ1) is 6.24. The SMILES string of the molecule is Nc1cccc2sc(CBr)c(F)c12. The third-order valence-corrected chi connectivity index (χ3v) is 3.94. The summed E-state index contributed by atoms with van der Waals surface area (Å²) in [6.07, 6.45) is 0. The molecule has 1 nitrogen and oxygen atoms in total. The van der Waals surface area contributed by atoms with Crippen LogP contribution in [0.1, 0.15) is 4.88 Å². The van der Waals surface area contributed by atoms with Gasteiger partial charge in [0.2, 0.25) is 0 Å². The van der Waals surface area contributed by atoms with Crippen LogP contribution in [-0.2, 0) is 5.33 Å². The highest BCUT2D eigenvalue weighted by Gasteiger charge is 2.12. The highest BCUT2D eigenvalue weighted by Crippen LogP contribution is 2.34. The van der Waals surface area contributed by atoms with Gasteiger partial charge in [-0.05, 0) is 12.1 Å². The fourth-order valence-electron chi connectivity index (χ4n) is 1.27. The molecule has 0 aliphatic rings. The summed E-state index contributed by atoms with van der Waals surface area (Å²) in [5, 5.41) is 1.10. The first-order valence-corrected chi connectivity index (χ1v) is 5.69. The molecule has 13 heavy (non-hydrogen) atoms. The van der Waals surface area contributed by atoms with Crippen LogP contribution in [0.5, 0.6) is 0 Å². The summed E-state index contributed by atoms with van der Waals surface area (Å²) in [6, 6.07) is 5.44. The maximum atomic E-state index is 13.6. The number of hydrogen-bond donors (Lipinski definition) is 1. The number of benzene rings is 1. The lowest BCUT2D eigenvalue weighted by atomic mass is 10.2. The van der Waals surface area contributed by atoms with Crippen LogP contribution in [0.4, 0.5) is 10.1 Å². The Morgan fingerprint density at radius 3 is 2.85 bits per heavy atom. The third-order valence-electron chi connectivity index (χ3n) is 1.88. The van der Waals surface area contributed by atoms with Crippen LogP contribution in [0.25, 0.3) is 10.1 Å². The number of rotatable bonds is 1. The van der Waals surface area contributed by atoms with Gasteiger partial charge in [-0.2, -0.15) is 0 Å². The van der Waals surface area contributed by atoms with Crippen molar-refractivity contribution in [2.75, 3.05) is 5.73 Å². The second-order valence-electron chi connectivity index (χ2n) is 2.69. The minimum atomic E-state index is -0.185. The fraction of sp³-hybridized carbons (Fsp3) is 0.111. The van der Waals surface area contributed by atoms with Gasteiger partial charge in [-0.3, -0.25) is 0 Å². The van der Waals surface area contributed by atoms with Crippen molar-refractivity contribution >= 4 is 43.0 Å². The fourth-order valence-corrected chi connectivity index (χ4v) is 2.83. The summed E-state index contributed by atoms with van der Waals surface area (Å²) < 4.78 is 14.5. The molecule has 0 fully saturated rings. The van der Waals surface area contributed by atoms with E-state index in [9.17, 15) is 4.39 Å². The molecule has 2 aromatic rings. The predicted molar refractivity (Wildman–Crippen MR) is 58.8 cm³/mol. The Bertz CT molecular complexity index is 452. The van der Waals surface area contributed by atoms with Crippen molar-refractivity contribution < 1.29 is 4.39 Å². The molecule has 2 N–H and O–H groups in total. The number of nitrogens with two attached hydrogens (primary N) is 1. The quantitative estimate of drug-likeness (QED) is 0.616. The van der Waals surface area contributed by atoms with E-state index in [1.54, 1.807) is 6.07 Å². The zero-order valence-corrected chi connectivity index (χ0v) is 9.08. The van der Waals surface area contributed by atoms with E-state index in [1.165, 1.54) is 11.3 Å². The monoisotopic (exact) mass is 259 g/mol. The molecular formula is C9H7BrFNS. The van der Waals surface area contributed by atoms with Crippen molar-refractivity contribution in [1.29, 1.82) is 0 Å². The zero-order chi connectivity index (χ0) is 9.42. The van der Waals surface area contributed by atoms with Crippen molar-refractivity contribution in [3.63, 3.8) is 0 Å². The Hall–Kier alpha value is -0.610. The van der Waals surface area contributed by atoms with Crippen molar-refractivity contribution in [3.05, 3.63) is 28.9 Å². The van der Waals surface area contributed by atoms with Crippen LogP contribution in [0.15, 0.2) is 18.2 Å². The summed E-state index contributed by atoms with van der Waals surface area (Å²) in [5.74, 6) is -0.185. The van der Waals surface area contributed by atoms with Crippen LogP contribution in [0.3, 0.4) is 0 Å². The molecule has 4 heteroatoms. The molecule has 0 atom stereocenters. The molecule has 0 saturated heterocycles. The summed E-state index contributed by atoms with van der Waals surface area (Å²) in [5.41, 5.74) is 6.19. The van der Waals surface area contributed by atoms with E-state index in [1.807, 2.05) is 12.1 Å². The van der Waals surface area contributed by atoms with Crippen molar-refractivity contribution in [2.45, 2.75) is 5.33 Å². The van der Waals surface area contributed by atoms with Gasteiger partial charge in [-0.15, -0.1) is 11.3 Å². The van der Waals surface area contributed by atoms with Crippen molar-refractivity contribution in [1.82, 2.24) is 0 Å².